The largest absolute Gasteiger partial charge is 0.433 e. The second-order valence-electron chi connectivity index (χ2n) is 6.55. The molecule has 2 aromatic heterocycles. The van der Waals surface area contributed by atoms with E-state index in [0.717, 1.165) is 17.2 Å². The molecule has 1 aliphatic rings. The predicted octanol–water partition coefficient (Wildman–Crippen LogP) is 2.92. The predicted molar refractivity (Wildman–Crippen MR) is 96.3 cm³/mol. The Labute approximate surface area is 166 Å². The molecule has 4 rings (SSSR count). The fourth-order valence-electron chi connectivity index (χ4n) is 3.29. The number of hydrogen-bond acceptors (Lipinski definition) is 6. The van der Waals surface area contributed by atoms with Crippen LogP contribution in [-0.2, 0) is 16.5 Å². The Morgan fingerprint density at radius 3 is 2.53 bits per heavy atom. The van der Waals surface area contributed by atoms with Crippen LogP contribution in [-0.4, -0.2) is 34.0 Å². The molecule has 0 spiro atoms. The number of nitrogens with two attached hydrogens (primary N) is 1. The van der Waals surface area contributed by atoms with E-state index in [1.54, 1.807) is 0 Å². The summed E-state index contributed by atoms with van der Waals surface area (Å²) in [4.78, 5) is 21.6. The van der Waals surface area contributed by atoms with Crippen molar-refractivity contribution in [3.8, 4) is 11.3 Å². The van der Waals surface area contributed by atoms with E-state index in [1.807, 2.05) is 0 Å². The van der Waals surface area contributed by atoms with E-state index in [4.69, 9.17) is 10.3 Å². The fourth-order valence-corrected chi connectivity index (χ4v) is 3.29. The number of nitrogens with zero attached hydrogens (tertiary/aromatic N) is 4. The maximum absolute atomic E-state index is 15.0. The third kappa shape index (κ3) is 2.90. The van der Waals surface area contributed by atoms with E-state index >= 15 is 0 Å². The van der Waals surface area contributed by atoms with Crippen molar-refractivity contribution in [2.45, 2.75) is 11.7 Å². The third-order valence-electron chi connectivity index (χ3n) is 4.80. The lowest BCUT2D eigenvalue weighted by Crippen LogP contribution is -2.41. The van der Waals surface area contributed by atoms with Gasteiger partial charge in [0.2, 0.25) is 0 Å². The summed E-state index contributed by atoms with van der Waals surface area (Å²) in [5.41, 5.74) is 2.60. The number of carbonyl (C=O) groups is 1. The molecule has 1 aromatic carbocycles. The number of hydrogen-bond donors (Lipinski definition) is 1. The van der Waals surface area contributed by atoms with Crippen molar-refractivity contribution in [3.63, 3.8) is 0 Å². The lowest BCUT2D eigenvalue weighted by atomic mass is 9.81. The number of carbonyl (C=O) groups excluding carboxylic acids is 1. The summed E-state index contributed by atoms with van der Waals surface area (Å²) in [6, 6.07) is 7.10. The van der Waals surface area contributed by atoms with Gasteiger partial charge in [-0.2, -0.15) is 13.2 Å². The van der Waals surface area contributed by atoms with Gasteiger partial charge in [0, 0.05) is 30.4 Å². The number of benzene rings is 1. The van der Waals surface area contributed by atoms with Crippen LogP contribution in [0.1, 0.15) is 16.8 Å². The second kappa shape index (κ2) is 6.65. The molecule has 3 heterocycles. The molecule has 154 valence electrons. The molecule has 2 N–H and O–H groups in total. The zero-order valence-electron chi connectivity index (χ0n) is 15.3. The molecule has 1 unspecified atom stereocenters. The summed E-state index contributed by atoms with van der Waals surface area (Å²) in [6.45, 7) is 0. The summed E-state index contributed by atoms with van der Waals surface area (Å²) >= 11 is 0. The molecule has 1 atom stereocenters. The molecule has 0 saturated heterocycles. The highest BCUT2D eigenvalue weighted by Gasteiger charge is 2.52. The molecule has 0 fully saturated rings. The maximum atomic E-state index is 15.0. The fraction of sp³-hybridized carbons (Fsp3) is 0.158. The van der Waals surface area contributed by atoms with Crippen molar-refractivity contribution in [1.29, 1.82) is 0 Å². The second-order valence-corrected chi connectivity index (χ2v) is 6.55. The Morgan fingerprint density at radius 1 is 1.17 bits per heavy atom. The average molecular weight is 419 g/mol. The van der Waals surface area contributed by atoms with Crippen LogP contribution < -0.4 is 5.73 Å². The number of rotatable bonds is 3. The molecule has 3 aromatic rings. The normalized spacial score (nSPS) is 19.3. The van der Waals surface area contributed by atoms with Gasteiger partial charge < -0.3 is 10.3 Å². The quantitative estimate of drug-likeness (QED) is 0.659. The number of likely N-dealkylation sites (N-methyl/N-ethyl adjacent to an activating group) is 1. The van der Waals surface area contributed by atoms with Gasteiger partial charge in [-0.15, -0.1) is 0 Å². The van der Waals surface area contributed by atoms with Gasteiger partial charge in [0.25, 0.3) is 5.91 Å². The SMILES string of the molecule is CN1C(=O)C(c2ccnc(C(F)(F)F)c2)(c2cc(-c3ccon3)ccc2F)N=C1N. The van der Waals surface area contributed by atoms with Crippen molar-refractivity contribution in [2.75, 3.05) is 7.05 Å². The topological polar surface area (TPSA) is 97.6 Å². The lowest BCUT2D eigenvalue weighted by molar-refractivity contribution is -0.141. The molecule has 11 heteroatoms. The molecule has 7 nitrogen and oxygen atoms in total. The highest BCUT2D eigenvalue weighted by atomic mass is 19.4. The van der Waals surface area contributed by atoms with Gasteiger partial charge in [0.05, 0.1) is 0 Å². The Bertz CT molecular complexity index is 1160. The van der Waals surface area contributed by atoms with Crippen LogP contribution in [0.2, 0.25) is 0 Å². The lowest BCUT2D eigenvalue weighted by Gasteiger charge is -2.27. The number of halogens is 4. The van der Waals surface area contributed by atoms with E-state index in [9.17, 15) is 22.4 Å². The van der Waals surface area contributed by atoms with Crippen LogP contribution in [0.25, 0.3) is 11.3 Å². The first kappa shape index (κ1) is 19.6. The number of amides is 1. The number of alkyl halides is 3. The number of pyridine rings is 1. The number of aliphatic imine (C=N–C) groups is 1. The molecule has 1 aliphatic heterocycles. The van der Waals surface area contributed by atoms with Gasteiger partial charge in [-0.1, -0.05) is 5.16 Å². The third-order valence-corrected chi connectivity index (χ3v) is 4.80. The van der Waals surface area contributed by atoms with E-state index in [2.05, 4.69) is 15.1 Å². The van der Waals surface area contributed by atoms with Crippen molar-refractivity contribution < 1.29 is 26.9 Å². The number of guanidine groups is 1. The van der Waals surface area contributed by atoms with Crippen LogP contribution in [0.15, 0.2) is 58.4 Å². The summed E-state index contributed by atoms with van der Waals surface area (Å²) in [6.07, 6.45) is -2.59. The average Bonchev–Trinajstić information content (AvgIpc) is 3.32. The van der Waals surface area contributed by atoms with Crippen LogP contribution in [0.3, 0.4) is 0 Å². The molecule has 0 aliphatic carbocycles. The zero-order chi connectivity index (χ0) is 21.7. The molecule has 1 amide bonds. The smallest absolute Gasteiger partial charge is 0.369 e. The van der Waals surface area contributed by atoms with E-state index < -0.39 is 29.1 Å². The maximum Gasteiger partial charge on any atom is 0.433 e. The van der Waals surface area contributed by atoms with E-state index in [0.29, 0.717) is 17.3 Å². The molecule has 30 heavy (non-hydrogen) atoms. The molecule has 0 radical (unpaired) electrons. The van der Waals surface area contributed by atoms with E-state index in [1.165, 1.54) is 37.6 Å². The highest BCUT2D eigenvalue weighted by Crippen LogP contribution is 2.42. The molecular weight excluding hydrogens is 406 g/mol. The number of aromatic nitrogens is 2. The minimum Gasteiger partial charge on any atom is -0.369 e. The summed E-state index contributed by atoms with van der Waals surface area (Å²) < 4.78 is 59.5. The first-order chi connectivity index (χ1) is 14.1. The van der Waals surface area contributed by atoms with Gasteiger partial charge in [0.1, 0.15) is 23.5 Å². The Kier molecular flexibility index (Phi) is 4.33. The molecular formula is C19H13F4N5O2. The van der Waals surface area contributed by atoms with Crippen molar-refractivity contribution in [3.05, 3.63) is 71.5 Å². The first-order valence-corrected chi connectivity index (χ1v) is 8.52. The summed E-state index contributed by atoms with van der Waals surface area (Å²) in [5.74, 6) is -1.93. The highest BCUT2D eigenvalue weighted by molar-refractivity contribution is 6.09. The Morgan fingerprint density at radius 2 is 1.93 bits per heavy atom. The van der Waals surface area contributed by atoms with Crippen LogP contribution in [0.5, 0.6) is 0 Å². The van der Waals surface area contributed by atoms with Gasteiger partial charge in [-0.05, 0) is 35.9 Å². The Balaban J connectivity index is 2.01. The Hall–Kier alpha value is -3.76. The molecule has 0 saturated carbocycles. The van der Waals surface area contributed by atoms with Crippen molar-refractivity contribution in [1.82, 2.24) is 15.0 Å². The minimum atomic E-state index is -4.78. The summed E-state index contributed by atoms with van der Waals surface area (Å²) in [7, 11) is 1.30. The molecule has 0 bridgehead atoms. The van der Waals surface area contributed by atoms with Gasteiger partial charge >= 0.3 is 6.18 Å². The van der Waals surface area contributed by atoms with Gasteiger partial charge in [-0.3, -0.25) is 14.7 Å². The van der Waals surface area contributed by atoms with Crippen LogP contribution in [0, 0.1) is 5.82 Å². The zero-order valence-corrected chi connectivity index (χ0v) is 15.3. The minimum absolute atomic E-state index is 0.224. The summed E-state index contributed by atoms with van der Waals surface area (Å²) in [5, 5.41) is 3.76. The van der Waals surface area contributed by atoms with E-state index in [-0.39, 0.29) is 17.1 Å². The van der Waals surface area contributed by atoms with Crippen LogP contribution >= 0.6 is 0 Å². The standard InChI is InChI=1S/C19H13F4N5O2/c1-28-16(29)18(26-17(28)24,11-4-6-25-15(9-11)19(21,22)23)12-8-10(2-3-13(12)20)14-5-7-30-27-14/h2-9H,1H3,(H2,24,26). The van der Waals surface area contributed by atoms with Crippen molar-refractivity contribution in [2.24, 2.45) is 10.7 Å². The van der Waals surface area contributed by atoms with Gasteiger partial charge in [0.15, 0.2) is 11.5 Å². The van der Waals surface area contributed by atoms with Gasteiger partial charge in [-0.25, -0.2) is 9.38 Å². The van der Waals surface area contributed by atoms with Crippen LogP contribution in [0.4, 0.5) is 17.6 Å². The monoisotopic (exact) mass is 419 g/mol. The first-order valence-electron chi connectivity index (χ1n) is 8.52. The van der Waals surface area contributed by atoms with Crippen molar-refractivity contribution >= 4 is 11.9 Å².